The van der Waals surface area contributed by atoms with Crippen LogP contribution in [0.1, 0.15) is 23.7 Å². The van der Waals surface area contributed by atoms with Crippen LogP contribution >= 0.6 is 0 Å². The van der Waals surface area contributed by atoms with E-state index in [-0.39, 0.29) is 24.8 Å². The summed E-state index contributed by atoms with van der Waals surface area (Å²) in [7, 11) is 0. The second-order valence-corrected chi connectivity index (χ2v) is 7.66. The number of alkyl halides is 2. The number of nitrogens with zero attached hydrogens (tertiary/aromatic N) is 4. The summed E-state index contributed by atoms with van der Waals surface area (Å²) >= 11 is 0. The minimum atomic E-state index is -2.94. The Bertz CT molecular complexity index is 1080. The molecule has 11 heteroatoms. The third-order valence-electron chi connectivity index (χ3n) is 4.53. The van der Waals surface area contributed by atoms with Crippen molar-refractivity contribution in [2.24, 2.45) is 0 Å². The number of pyridine rings is 2. The number of hydrogen-bond acceptors (Lipinski definition) is 7. The molecule has 0 aliphatic heterocycles. The Morgan fingerprint density at radius 2 is 2.16 bits per heavy atom. The second kappa shape index (κ2) is 9.96. The number of aromatic nitrogens is 4. The lowest BCUT2D eigenvalue weighted by Crippen LogP contribution is -2.34. The summed E-state index contributed by atoms with van der Waals surface area (Å²) in [6.45, 7) is 1.66. The Kier molecular flexibility index (Phi) is 7.31. The molecule has 172 valence electrons. The van der Waals surface area contributed by atoms with E-state index in [0.29, 0.717) is 28.7 Å². The van der Waals surface area contributed by atoms with Crippen LogP contribution in [0.5, 0.6) is 5.88 Å². The largest absolute Gasteiger partial charge is 0.471 e. The van der Waals surface area contributed by atoms with Crippen molar-refractivity contribution in [3.8, 4) is 5.88 Å². The topological polar surface area (TPSA) is 122 Å². The summed E-state index contributed by atoms with van der Waals surface area (Å²) in [5.41, 5.74) is 2.63. The van der Waals surface area contributed by atoms with Gasteiger partial charge in [0.25, 0.3) is 5.92 Å². The Hall–Kier alpha value is -3.18. The van der Waals surface area contributed by atoms with Gasteiger partial charge in [0, 0.05) is 43.0 Å². The van der Waals surface area contributed by atoms with Gasteiger partial charge in [-0.05, 0) is 24.6 Å². The highest BCUT2D eigenvalue weighted by Crippen LogP contribution is 2.21. The first-order valence-electron chi connectivity index (χ1n) is 9.97. The van der Waals surface area contributed by atoms with Gasteiger partial charge in [-0.3, -0.25) is 14.5 Å². The number of halogens is 2. The molecule has 0 spiro atoms. The number of ether oxygens (including phenoxy) is 1. The molecule has 0 aromatic carbocycles. The first kappa shape index (κ1) is 23.5. The highest BCUT2D eigenvalue weighted by Gasteiger charge is 2.23. The van der Waals surface area contributed by atoms with Gasteiger partial charge >= 0.3 is 0 Å². The van der Waals surface area contributed by atoms with Crippen molar-refractivity contribution in [2.75, 3.05) is 19.8 Å². The van der Waals surface area contributed by atoms with Crippen LogP contribution < -0.4 is 10.1 Å². The summed E-state index contributed by atoms with van der Waals surface area (Å²) in [6, 6.07) is 3.52. The minimum absolute atomic E-state index is 0.00402. The molecule has 3 aromatic rings. The number of hydrogen-bond donors (Lipinski definition) is 3. The number of fused-ring (bicyclic) bond motifs is 1. The smallest absolute Gasteiger partial charge is 0.278 e. The van der Waals surface area contributed by atoms with Gasteiger partial charge < -0.3 is 20.3 Å². The number of nitrogens with one attached hydrogen (secondary N) is 1. The molecular formula is C21H25F2N5O4. The number of rotatable bonds is 10. The van der Waals surface area contributed by atoms with Crippen LogP contribution in [0.4, 0.5) is 8.78 Å². The molecule has 0 unspecified atom stereocenters. The molecule has 32 heavy (non-hydrogen) atoms. The number of amides is 1. The number of aryl methyl sites for hydroxylation is 1. The molecule has 3 rings (SSSR count). The van der Waals surface area contributed by atoms with Crippen molar-refractivity contribution < 1.29 is 28.5 Å². The van der Waals surface area contributed by atoms with E-state index in [2.05, 4.69) is 20.4 Å². The normalized spacial score (nSPS) is 12.7. The van der Waals surface area contributed by atoms with Crippen LogP contribution in [-0.4, -0.2) is 67.7 Å². The average Bonchev–Trinajstić information content (AvgIpc) is 3.14. The van der Waals surface area contributed by atoms with Crippen LogP contribution in [0.25, 0.3) is 10.9 Å². The second-order valence-electron chi connectivity index (χ2n) is 7.66. The van der Waals surface area contributed by atoms with Crippen LogP contribution in [-0.2, 0) is 17.8 Å². The molecule has 0 saturated carbocycles. The lowest BCUT2D eigenvalue weighted by Gasteiger charge is -2.13. The number of aliphatic hydroxyl groups is 2. The molecule has 0 fully saturated rings. The lowest BCUT2D eigenvalue weighted by molar-refractivity contribution is -0.121. The zero-order chi connectivity index (χ0) is 23.3. The van der Waals surface area contributed by atoms with Crippen molar-refractivity contribution in [3.63, 3.8) is 0 Å². The molecule has 1 atom stereocenters. The maximum absolute atomic E-state index is 13.0. The SMILES string of the molecule is Cc1cc(Cn2cc3c(CC(=O)NC[C@H](O)CO)nccc3n2)cnc1OCC(C)(F)F. The molecule has 3 N–H and O–H groups in total. The number of carbonyl (C=O) groups excluding carboxylic acids is 1. The standard InChI is InChI=1S/C21H25F2N5O4/c1-13-5-14(7-26-20(13)32-12-21(2,22)23)9-28-10-16-17(27-28)3-4-24-18(16)6-19(31)25-8-15(30)11-29/h3-5,7,10,15,29-30H,6,8-9,11-12H2,1-2H3,(H,25,31)/t15-/m0/s1. The molecule has 9 nitrogen and oxygen atoms in total. The fourth-order valence-electron chi connectivity index (χ4n) is 3.02. The highest BCUT2D eigenvalue weighted by atomic mass is 19.3. The highest BCUT2D eigenvalue weighted by molar-refractivity contribution is 5.86. The Balaban J connectivity index is 1.70. The monoisotopic (exact) mass is 449 g/mol. The van der Waals surface area contributed by atoms with E-state index in [4.69, 9.17) is 9.84 Å². The average molecular weight is 449 g/mol. The number of carbonyl (C=O) groups is 1. The van der Waals surface area contributed by atoms with Gasteiger partial charge in [-0.2, -0.15) is 5.10 Å². The van der Waals surface area contributed by atoms with Gasteiger partial charge in [0.1, 0.15) is 0 Å². The molecule has 3 aromatic heterocycles. The van der Waals surface area contributed by atoms with E-state index >= 15 is 0 Å². The van der Waals surface area contributed by atoms with Crippen LogP contribution in [0.2, 0.25) is 0 Å². The lowest BCUT2D eigenvalue weighted by atomic mass is 10.2. The summed E-state index contributed by atoms with van der Waals surface area (Å²) in [6.07, 6.45) is 3.85. The molecule has 3 heterocycles. The molecule has 0 radical (unpaired) electrons. The third kappa shape index (κ3) is 6.41. The number of aliphatic hydroxyl groups excluding tert-OH is 2. The maximum atomic E-state index is 13.0. The molecule has 0 aliphatic rings. The van der Waals surface area contributed by atoms with Crippen molar-refractivity contribution in [1.29, 1.82) is 0 Å². The van der Waals surface area contributed by atoms with E-state index in [0.717, 1.165) is 12.5 Å². The molecular weight excluding hydrogens is 424 g/mol. The Morgan fingerprint density at radius 1 is 1.38 bits per heavy atom. The van der Waals surface area contributed by atoms with E-state index < -0.39 is 25.2 Å². The van der Waals surface area contributed by atoms with Crippen molar-refractivity contribution in [3.05, 3.63) is 47.5 Å². The van der Waals surface area contributed by atoms with E-state index in [1.165, 1.54) is 0 Å². The zero-order valence-electron chi connectivity index (χ0n) is 17.8. The van der Waals surface area contributed by atoms with Gasteiger partial charge in [0.05, 0.1) is 36.9 Å². The predicted molar refractivity (Wildman–Crippen MR) is 112 cm³/mol. The summed E-state index contributed by atoms with van der Waals surface area (Å²) in [5.74, 6) is -3.12. The van der Waals surface area contributed by atoms with E-state index in [1.807, 2.05) is 0 Å². The van der Waals surface area contributed by atoms with Gasteiger partial charge in [-0.15, -0.1) is 0 Å². The van der Waals surface area contributed by atoms with Crippen molar-refractivity contribution in [1.82, 2.24) is 25.1 Å². The quantitative estimate of drug-likeness (QED) is 0.426. The summed E-state index contributed by atoms with van der Waals surface area (Å²) in [4.78, 5) is 20.5. The summed E-state index contributed by atoms with van der Waals surface area (Å²) < 4.78 is 32.8. The molecule has 1 amide bonds. The fourth-order valence-corrected chi connectivity index (χ4v) is 3.02. The molecule has 0 saturated heterocycles. The Morgan fingerprint density at radius 3 is 2.84 bits per heavy atom. The third-order valence-corrected chi connectivity index (χ3v) is 4.53. The van der Waals surface area contributed by atoms with Crippen LogP contribution in [0, 0.1) is 6.92 Å². The van der Waals surface area contributed by atoms with E-state index in [9.17, 15) is 18.7 Å². The van der Waals surface area contributed by atoms with Gasteiger partial charge in [-0.25, -0.2) is 13.8 Å². The summed E-state index contributed by atoms with van der Waals surface area (Å²) in [5, 5.41) is 25.9. The van der Waals surface area contributed by atoms with Gasteiger partial charge in [-0.1, -0.05) is 0 Å². The van der Waals surface area contributed by atoms with Gasteiger partial charge in [0.2, 0.25) is 11.8 Å². The fraction of sp³-hybridized carbons (Fsp3) is 0.429. The van der Waals surface area contributed by atoms with Crippen molar-refractivity contribution in [2.45, 2.75) is 38.8 Å². The Labute approximate surface area is 183 Å². The maximum Gasteiger partial charge on any atom is 0.278 e. The van der Waals surface area contributed by atoms with Crippen LogP contribution in [0.15, 0.2) is 30.7 Å². The molecule has 0 aliphatic carbocycles. The first-order valence-corrected chi connectivity index (χ1v) is 9.97. The first-order chi connectivity index (χ1) is 15.1. The van der Waals surface area contributed by atoms with Crippen molar-refractivity contribution >= 4 is 16.8 Å². The predicted octanol–water partition coefficient (Wildman–Crippen LogP) is 1.23. The van der Waals surface area contributed by atoms with E-state index in [1.54, 1.807) is 42.3 Å². The minimum Gasteiger partial charge on any atom is -0.471 e. The van der Waals surface area contributed by atoms with Crippen LogP contribution in [0.3, 0.4) is 0 Å². The molecule has 0 bridgehead atoms. The zero-order valence-corrected chi connectivity index (χ0v) is 17.8. The van der Waals surface area contributed by atoms with Gasteiger partial charge in [0.15, 0.2) is 6.61 Å².